The molecule has 146 valence electrons. The molecule has 1 spiro atoms. The Morgan fingerprint density at radius 3 is 2.61 bits per heavy atom. The fourth-order valence-electron chi connectivity index (χ4n) is 4.79. The van der Waals surface area contributed by atoms with Crippen molar-refractivity contribution in [1.82, 2.24) is 19.8 Å². The van der Waals surface area contributed by atoms with Crippen LogP contribution in [0.4, 0.5) is 0 Å². The molecule has 2 amide bonds. The first-order chi connectivity index (χ1) is 13.5. The second kappa shape index (κ2) is 7.34. The molecule has 1 aromatic heterocycles. The van der Waals surface area contributed by atoms with Crippen LogP contribution >= 0.6 is 0 Å². The molecule has 1 saturated heterocycles. The van der Waals surface area contributed by atoms with E-state index in [1.807, 2.05) is 19.0 Å². The van der Waals surface area contributed by atoms with Gasteiger partial charge < -0.3 is 9.80 Å². The van der Waals surface area contributed by atoms with E-state index in [1.54, 1.807) is 17.3 Å². The minimum absolute atomic E-state index is 0.0476. The summed E-state index contributed by atoms with van der Waals surface area (Å²) >= 11 is 0. The molecule has 0 N–H and O–H groups in total. The van der Waals surface area contributed by atoms with Crippen LogP contribution in [0, 0.1) is 0 Å². The molecular formula is C22H26N4O2. The molecule has 2 aliphatic rings. The summed E-state index contributed by atoms with van der Waals surface area (Å²) in [6.07, 6.45) is 8.03. The number of amides is 2. The molecule has 0 bridgehead atoms. The third kappa shape index (κ3) is 3.28. The number of fused-ring (bicyclic) bond motifs is 2. The summed E-state index contributed by atoms with van der Waals surface area (Å²) in [6, 6.07) is 8.55. The summed E-state index contributed by atoms with van der Waals surface area (Å²) in [5, 5.41) is 0. The first-order valence-corrected chi connectivity index (χ1v) is 9.85. The molecule has 1 aromatic carbocycles. The van der Waals surface area contributed by atoms with Crippen molar-refractivity contribution >= 4 is 11.8 Å². The molecule has 4 rings (SSSR count). The molecule has 0 saturated carbocycles. The number of benzene rings is 1. The van der Waals surface area contributed by atoms with Crippen LogP contribution in [0.15, 0.2) is 42.9 Å². The maximum absolute atomic E-state index is 12.7. The normalized spacial score (nSPS) is 20.1. The Morgan fingerprint density at radius 1 is 1.18 bits per heavy atom. The van der Waals surface area contributed by atoms with Gasteiger partial charge in [0.2, 0.25) is 5.91 Å². The molecule has 6 nitrogen and oxygen atoms in total. The largest absolute Gasteiger partial charge is 0.349 e. The predicted molar refractivity (Wildman–Crippen MR) is 106 cm³/mol. The van der Waals surface area contributed by atoms with E-state index in [0.717, 1.165) is 19.3 Å². The average Bonchev–Trinajstić information content (AvgIpc) is 3.02. The summed E-state index contributed by atoms with van der Waals surface area (Å²) < 4.78 is 0. The third-order valence-corrected chi connectivity index (χ3v) is 6.32. The van der Waals surface area contributed by atoms with Crippen LogP contribution in [0.1, 0.15) is 53.2 Å². The Morgan fingerprint density at radius 2 is 1.93 bits per heavy atom. The van der Waals surface area contributed by atoms with Gasteiger partial charge >= 0.3 is 0 Å². The lowest BCUT2D eigenvalue weighted by Gasteiger charge is -2.40. The number of nitrogens with zero attached hydrogens (tertiary/aromatic N) is 4. The van der Waals surface area contributed by atoms with Gasteiger partial charge in [0.15, 0.2) is 0 Å². The smallest absolute Gasteiger partial charge is 0.274 e. The minimum Gasteiger partial charge on any atom is -0.349 e. The van der Waals surface area contributed by atoms with Gasteiger partial charge in [-0.05, 0) is 41.7 Å². The van der Waals surface area contributed by atoms with E-state index >= 15 is 0 Å². The van der Waals surface area contributed by atoms with Crippen molar-refractivity contribution in [3.05, 3.63) is 59.7 Å². The molecule has 28 heavy (non-hydrogen) atoms. The van der Waals surface area contributed by atoms with E-state index in [9.17, 15) is 9.59 Å². The Balaban J connectivity index is 1.52. The van der Waals surface area contributed by atoms with Crippen molar-refractivity contribution in [1.29, 1.82) is 0 Å². The van der Waals surface area contributed by atoms with Gasteiger partial charge in [0.1, 0.15) is 5.69 Å². The molecule has 1 fully saturated rings. The number of rotatable bonds is 3. The van der Waals surface area contributed by atoms with Crippen LogP contribution in [0.2, 0.25) is 0 Å². The molecule has 1 aliphatic heterocycles. The topological polar surface area (TPSA) is 66.4 Å². The number of aromatic nitrogens is 2. The zero-order valence-corrected chi connectivity index (χ0v) is 16.5. The van der Waals surface area contributed by atoms with E-state index in [0.29, 0.717) is 25.2 Å². The molecule has 2 heterocycles. The van der Waals surface area contributed by atoms with Crippen LogP contribution in [0.25, 0.3) is 0 Å². The van der Waals surface area contributed by atoms with Crippen molar-refractivity contribution in [2.45, 2.75) is 37.0 Å². The monoisotopic (exact) mass is 378 g/mol. The summed E-state index contributed by atoms with van der Waals surface area (Å²) in [5.74, 6) is 0.383. The fraction of sp³-hybridized carbons (Fsp3) is 0.455. The number of hydrogen-bond acceptors (Lipinski definition) is 4. The lowest BCUT2D eigenvalue weighted by Crippen LogP contribution is -2.44. The molecule has 6 heteroatoms. The van der Waals surface area contributed by atoms with E-state index in [2.05, 4.69) is 34.2 Å². The maximum Gasteiger partial charge on any atom is 0.274 e. The lowest BCUT2D eigenvalue weighted by molar-refractivity contribution is -0.129. The first kappa shape index (κ1) is 18.6. The van der Waals surface area contributed by atoms with Crippen LogP contribution < -0.4 is 0 Å². The molecule has 1 aliphatic carbocycles. The summed E-state index contributed by atoms with van der Waals surface area (Å²) in [6.45, 7) is 1.41. The maximum atomic E-state index is 12.7. The quantitative estimate of drug-likeness (QED) is 0.823. The number of hydrogen-bond donors (Lipinski definition) is 0. The van der Waals surface area contributed by atoms with E-state index in [4.69, 9.17) is 0 Å². The first-order valence-electron chi connectivity index (χ1n) is 9.85. The number of piperidine rings is 1. The molecule has 2 aromatic rings. The van der Waals surface area contributed by atoms with Crippen molar-refractivity contribution in [2.24, 2.45) is 0 Å². The van der Waals surface area contributed by atoms with Gasteiger partial charge in [0.05, 0.1) is 6.20 Å². The fourth-order valence-corrected chi connectivity index (χ4v) is 4.79. The molecule has 1 atom stereocenters. The van der Waals surface area contributed by atoms with Gasteiger partial charge in [0, 0.05) is 46.0 Å². The van der Waals surface area contributed by atoms with Gasteiger partial charge in [-0.2, -0.15) is 0 Å². The Bertz CT molecular complexity index is 873. The highest BCUT2D eigenvalue weighted by molar-refractivity contribution is 5.92. The standard InChI is InChI=1S/C22H26N4O2/c1-25(2)20(27)13-16-14-22(18-6-4-3-5-17(16)18)7-11-26(12-8-22)21(28)19-15-23-9-10-24-19/h3-6,9-10,15-16H,7-8,11-14H2,1-2H3/t16-/m0/s1. The van der Waals surface area contributed by atoms with Crippen LogP contribution in [0.3, 0.4) is 0 Å². The number of likely N-dealkylation sites (tertiary alicyclic amines) is 1. The molecule has 0 unspecified atom stereocenters. The second-order valence-corrected chi connectivity index (χ2v) is 8.14. The van der Waals surface area contributed by atoms with Crippen molar-refractivity contribution in [2.75, 3.05) is 27.2 Å². The molecule has 0 radical (unpaired) electrons. The number of carbonyl (C=O) groups excluding carboxylic acids is 2. The predicted octanol–water partition coefficient (Wildman–Crippen LogP) is 2.62. The lowest BCUT2D eigenvalue weighted by atomic mass is 9.73. The van der Waals surface area contributed by atoms with E-state index in [1.165, 1.54) is 17.3 Å². The molecular weight excluding hydrogens is 352 g/mol. The van der Waals surface area contributed by atoms with Crippen molar-refractivity contribution in [3.8, 4) is 0 Å². The third-order valence-electron chi connectivity index (χ3n) is 6.32. The van der Waals surface area contributed by atoms with Gasteiger partial charge in [-0.25, -0.2) is 4.98 Å². The minimum atomic E-state index is -0.0476. The van der Waals surface area contributed by atoms with Crippen LogP contribution in [-0.4, -0.2) is 58.8 Å². The Kier molecular flexibility index (Phi) is 4.87. The Hall–Kier alpha value is -2.76. The van der Waals surface area contributed by atoms with Gasteiger partial charge in [-0.3, -0.25) is 14.6 Å². The summed E-state index contributed by atoms with van der Waals surface area (Å²) in [4.78, 5) is 36.8. The Labute approximate surface area is 165 Å². The second-order valence-electron chi connectivity index (χ2n) is 8.14. The zero-order chi connectivity index (χ0) is 19.7. The number of carbonyl (C=O) groups is 2. The van der Waals surface area contributed by atoms with Gasteiger partial charge in [0.25, 0.3) is 5.91 Å². The van der Waals surface area contributed by atoms with E-state index < -0.39 is 0 Å². The van der Waals surface area contributed by atoms with Crippen molar-refractivity contribution in [3.63, 3.8) is 0 Å². The summed E-state index contributed by atoms with van der Waals surface area (Å²) in [7, 11) is 3.63. The van der Waals surface area contributed by atoms with Crippen LogP contribution in [-0.2, 0) is 10.2 Å². The highest BCUT2D eigenvalue weighted by Crippen LogP contribution is 2.52. The van der Waals surface area contributed by atoms with Crippen LogP contribution in [0.5, 0.6) is 0 Å². The summed E-state index contributed by atoms with van der Waals surface area (Å²) in [5.41, 5.74) is 3.15. The zero-order valence-electron chi connectivity index (χ0n) is 16.5. The van der Waals surface area contributed by atoms with Gasteiger partial charge in [-0.15, -0.1) is 0 Å². The highest BCUT2D eigenvalue weighted by atomic mass is 16.2. The SMILES string of the molecule is CN(C)C(=O)C[C@H]1CC2(CCN(C(=O)c3cnccn3)CC2)c2ccccc21. The van der Waals surface area contributed by atoms with Crippen molar-refractivity contribution < 1.29 is 9.59 Å². The van der Waals surface area contributed by atoms with Gasteiger partial charge in [-0.1, -0.05) is 24.3 Å². The highest BCUT2D eigenvalue weighted by Gasteiger charge is 2.46. The average molecular weight is 378 g/mol. The van der Waals surface area contributed by atoms with E-state index in [-0.39, 0.29) is 23.1 Å².